The van der Waals surface area contributed by atoms with Gasteiger partial charge in [0, 0.05) is 11.6 Å². The summed E-state index contributed by atoms with van der Waals surface area (Å²) in [5, 5.41) is 0.731. The lowest BCUT2D eigenvalue weighted by molar-refractivity contribution is 0.303. The smallest absolute Gasteiger partial charge is 0.119 e. The first kappa shape index (κ1) is 14.0. The van der Waals surface area contributed by atoms with E-state index in [1.165, 1.54) is 5.52 Å². The first-order valence-corrected chi connectivity index (χ1v) is 7.49. The molecule has 0 saturated heterocycles. The third-order valence-electron chi connectivity index (χ3n) is 3.40. The third kappa shape index (κ3) is 3.56. The van der Waals surface area contributed by atoms with Gasteiger partial charge in [-0.25, -0.2) is 4.98 Å². The predicted molar refractivity (Wildman–Crippen MR) is 85.9 cm³/mol. The highest BCUT2D eigenvalue weighted by molar-refractivity contribution is 6.30. The van der Waals surface area contributed by atoms with Crippen molar-refractivity contribution in [3.63, 3.8) is 0 Å². The van der Waals surface area contributed by atoms with Crippen molar-refractivity contribution in [3.05, 3.63) is 59.9 Å². The number of hydrogen-bond donors (Lipinski definition) is 0. The highest BCUT2D eigenvalue weighted by Crippen LogP contribution is 2.16. The van der Waals surface area contributed by atoms with Crippen LogP contribution in [0.4, 0.5) is 0 Å². The summed E-state index contributed by atoms with van der Waals surface area (Å²) in [5.74, 6) is 0.868. The molecular formula is C17H17ClN2O. The number of aromatic nitrogens is 2. The molecule has 3 aromatic rings. The van der Waals surface area contributed by atoms with Crippen molar-refractivity contribution in [1.82, 2.24) is 9.55 Å². The van der Waals surface area contributed by atoms with Crippen LogP contribution in [0.3, 0.4) is 0 Å². The number of unbranched alkanes of at least 4 members (excludes halogenated alkanes) is 1. The second kappa shape index (κ2) is 6.64. The number of para-hydroxylation sites is 2. The van der Waals surface area contributed by atoms with Gasteiger partial charge in [0.2, 0.25) is 0 Å². The number of nitrogens with zero attached hydrogens (tertiary/aromatic N) is 2. The SMILES string of the molecule is Clc1ccc(OCCCCn2cnc3ccccc32)cc1. The Balaban J connectivity index is 1.45. The average Bonchev–Trinajstić information content (AvgIpc) is 2.92. The maximum atomic E-state index is 5.84. The van der Waals surface area contributed by atoms with E-state index in [2.05, 4.69) is 15.6 Å². The molecule has 0 radical (unpaired) electrons. The maximum absolute atomic E-state index is 5.84. The third-order valence-corrected chi connectivity index (χ3v) is 3.66. The fraction of sp³-hybridized carbons (Fsp3) is 0.235. The molecule has 0 bridgehead atoms. The number of imidazole rings is 1. The van der Waals surface area contributed by atoms with Crippen LogP contribution in [-0.4, -0.2) is 16.2 Å². The standard InChI is InChI=1S/C17H17ClN2O/c18-14-7-9-15(10-8-14)21-12-4-3-11-20-13-19-16-5-1-2-6-17(16)20/h1-2,5-10,13H,3-4,11-12H2. The summed E-state index contributed by atoms with van der Waals surface area (Å²) in [4.78, 5) is 4.39. The van der Waals surface area contributed by atoms with Crippen LogP contribution in [0.25, 0.3) is 11.0 Å². The number of fused-ring (bicyclic) bond motifs is 1. The van der Waals surface area contributed by atoms with Crippen molar-refractivity contribution >= 4 is 22.6 Å². The lowest BCUT2D eigenvalue weighted by Gasteiger charge is -2.07. The first-order valence-electron chi connectivity index (χ1n) is 7.11. The van der Waals surface area contributed by atoms with Gasteiger partial charge >= 0.3 is 0 Å². The van der Waals surface area contributed by atoms with Gasteiger partial charge in [0.25, 0.3) is 0 Å². The minimum atomic E-state index is 0.717. The summed E-state index contributed by atoms with van der Waals surface area (Å²) < 4.78 is 7.88. The van der Waals surface area contributed by atoms with Crippen molar-refractivity contribution in [1.29, 1.82) is 0 Å². The molecule has 0 atom stereocenters. The molecule has 0 aliphatic carbocycles. The van der Waals surface area contributed by atoms with Crippen LogP contribution in [0, 0.1) is 0 Å². The van der Waals surface area contributed by atoms with E-state index in [1.807, 2.05) is 48.8 Å². The van der Waals surface area contributed by atoms with E-state index in [0.717, 1.165) is 35.7 Å². The molecule has 3 nitrogen and oxygen atoms in total. The predicted octanol–water partition coefficient (Wildman–Crippen LogP) is 4.55. The molecule has 4 heteroatoms. The molecule has 108 valence electrons. The number of halogens is 1. The van der Waals surface area contributed by atoms with Crippen molar-refractivity contribution in [2.24, 2.45) is 0 Å². The second-order valence-electron chi connectivity index (χ2n) is 4.94. The number of ether oxygens (including phenoxy) is 1. The summed E-state index contributed by atoms with van der Waals surface area (Å²) >= 11 is 5.84. The lowest BCUT2D eigenvalue weighted by atomic mass is 10.3. The summed E-state index contributed by atoms with van der Waals surface area (Å²) in [6.07, 6.45) is 3.98. The monoisotopic (exact) mass is 300 g/mol. The largest absolute Gasteiger partial charge is 0.494 e. The van der Waals surface area contributed by atoms with Gasteiger partial charge in [-0.15, -0.1) is 0 Å². The second-order valence-corrected chi connectivity index (χ2v) is 5.37. The van der Waals surface area contributed by atoms with Gasteiger partial charge in [0.1, 0.15) is 5.75 Å². The molecule has 0 aliphatic heterocycles. The molecule has 1 aromatic heterocycles. The lowest BCUT2D eigenvalue weighted by Crippen LogP contribution is -2.01. The zero-order valence-corrected chi connectivity index (χ0v) is 12.5. The van der Waals surface area contributed by atoms with Crippen LogP contribution in [0.1, 0.15) is 12.8 Å². The van der Waals surface area contributed by atoms with Crippen molar-refractivity contribution < 1.29 is 4.74 Å². The number of benzene rings is 2. The molecule has 0 spiro atoms. The van der Waals surface area contributed by atoms with Crippen molar-refractivity contribution in [2.45, 2.75) is 19.4 Å². The average molecular weight is 301 g/mol. The Kier molecular flexibility index (Phi) is 4.41. The van der Waals surface area contributed by atoms with Crippen LogP contribution >= 0.6 is 11.6 Å². The first-order chi connectivity index (χ1) is 10.3. The molecule has 0 amide bonds. The van der Waals surface area contributed by atoms with Gasteiger partial charge < -0.3 is 9.30 Å². The van der Waals surface area contributed by atoms with E-state index in [4.69, 9.17) is 16.3 Å². The van der Waals surface area contributed by atoms with Gasteiger partial charge in [0.15, 0.2) is 0 Å². The Morgan fingerprint density at radius 2 is 1.81 bits per heavy atom. The van der Waals surface area contributed by atoms with Crippen LogP contribution < -0.4 is 4.74 Å². The minimum absolute atomic E-state index is 0.717. The molecule has 0 N–H and O–H groups in total. The van der Waals surface area contributed by atoms with Gasteiger partial charge in [0.05, 0.1) is 24.0 Å². The zero-order chi connectivity index (χ0) is 14.5. The molecule has 21 heavy (non-hydrogen) atoms. The number of rotatable bonds is 6. The van der Waals surface area contributed by atoms with E-state index >= 15 is 0 Å². The molecular weight excluding hydrogens is 284 g/mol. The van der Waals surface area contributed by atoms with E-state index < -0.39 is 0 Å². The van der Waals surface area contributed by atoms with Gasteiger partial charge in [-0.1, -0.05) is 23.7 Å². The topological polar surface area (TPSA) is 27.1 Å². The molecule has 0 aliphatic rings. The maximum Gasteiger partial charge on any atom is 0.119 e. The fourth-order valence-electron chi connectivity index (χ4n) is 2.29. The van der Waals surface area contributed by atoms with E-state index in [1.54, 1.807) is 0 Å². The van der Waals surface area contributed by atoms with Gasteiger partial charge in [-0.2, -0.15) is 0 Å². The van der Waals surface area contributed by atoms with Crippen LogP contribution in [0.2, 0.25) is 5.02 Å². The fourth-order valence-corrected chi connectivity index (χ4v) is 2.42. The molecule has 2 aromatic carbocycles. The summed E-state index contributed by atoms with van der Waals surface area (Å²) in [7, 11) is 0. The molecule has 0 saturated carbocycles. The number of hydrogen-bond acceptors (Lipinski definition) is 2. The van der Waals surface area contributed by atoms with Crippen molar-refractivity contribution in [3.8, 4) is 5.75 Å². The van der Waals surface area contributed by atoms with Gasteiger partial charge in [-0.3, -0.25) is 0 Å². The Hall–Kier alpha value is -2.00. The zero-order valence-electron chi connectivity index (χ0n) is 11.7. The Labute approximate surface area is 129 Å². The van der Waals surface area contributed by atoms with Crippen LogP contribution in [0.5, 0.6) is 5.75 Å². The van der Waals surface area contributed by atoms with Crippen molar-refractivity contribution in [2.75, 3.05) is 6.61 Å². The summed E-state index contributed by atoms with van der Waals surface area (Å²) in [6.45, 7) is 1.68. The van der Waals surface area contributed by atoms with E-state index in [0.29, 0.717) is 6.61 Å². The van der Waals surface area contributed by atoms with Crippen LogP contribution in [-0.2, 0) is 6.54 Å². The minimum Gasteiger partial charge on any atom is -0.494 e. The molecule has 0 fully saturated rings. The Morgan fingerprint density at radius 3 is 2.67 bits per heavy atom. The molecule has 3 rings (SSSR count). The van der Waals surface area contributed by atoms with Crippen LogP contribution in [0.15, 0.2) is 54.9 Å². The Morgan fingerprint density at radius 1 is 1.00 bits per heavy atom. The summed E-state index contributed by atoms with van der Waals surface area (Å²) in [5.41, 5.74) is 2.24. The van der Waals surface area contributed by atoms with E-state index in [9.17, 15) is 0 Å². The quantitative estimate of drug-likeness (QED) is 0.625. The Bertz CT molecular complexity index is 706. The normalized spacial score (nSPS) is 10.9. The highest BCUT2D eigenvalue weighted by Gasteiger charge is 2.01. The highest BCUT2D eigenvalue weighted by atomic mass is 35.5. The van der Waals surface area contributed by atoms with E-state index in [-0.39, 0.29) is 0 Å². The molecule has 1 heterocycles. The summed E-state index contributed by atoms with van der Waals surface area (Å²) in [6, 6.07) is 15.7. The number of aryl methyl sites for hydroxylation is 1. The molecule has 0 unspecified atom stereocenters. The van der Waals surface area contributed by atoms with Gasteiger partial charge in [-0.05, 0) is 49.2 Å².